The van der Waals surface area contributed by atoms with Gasteiger partial charge in [0.25, 0.3) is 0 Å². The predicted octanol–water partition coefficient (Wildman–Crippen LogP) is 7.22. The van der Waals surface area contributed by atoms with Crippen LogP contribution >= 0.6 is 0 Å². The van der Waals surface area contributed by atoms with Gasteiger partial charge in [-0.15, -0.1) is 0 Å². The SMILES string of the molecule is O=C(O)c1cc(C2=C(c3cc(C(F)(F)F)ccc3OCc3ccccc3)CCC2)ccc1F. The Balaban J connectivity index is 1.80. The highest BCUT2D eigenvalue weighted by Gasteiger charge is 2.32. The van der Waals surface area contributed by atoms with E-state index in [0.29, 0.717) is 47.3 Å². The summed E-state index contributed by atoms with van der Waals surface area (Å²) in [5, 5.41) is 9.26. The Hall–Kier alpha value is -3.61. The Kier molecular flexibility index (Phi) is 6.22. The van der Waals surface area contributed by atoms with Gasteiger partial charge in [0.1, 0.15) is 18.2 Å². The van der Waals surface area contributed by atoms with Crippen LogP contribution in [0.5, 0.6) is 5.75 Å². The highest BCUT2D eigenvalue weighted by molar-refractivity contribution is 5.96. The fourth-order valence-corrected chi connectivity index (χ4v) is 4.04. The Morgan fingerprint density at radius 2 is 1.67 bits per heavy atom. The van der Waals surface area contributed by atoms with E-state index < -0.39 is 29.1 Å². The smallest absolute Gasteiger partial charge is 0.416 e. The van der Waals surface area contributed by atoms with Crippen molar-refractivity contribution in [1.82, 2.24) is 0 Å². The molecule has 3 aromatic rings. The number of rotatable bonds is 6. The highest BCUT2D eigenvalue weighted by atomic mass is 19.4. The van der Waals surface area contributed by atoms with Crippen LogP contribution in [0.3, 0.4) is 0 Å². The lowest BCUT2D eigenvalue weighted by Gasteiger charge is -2.17. The highest BCUT2D eigenvalue weighted by Crippen LogP contribution is 2.45. The van der Waals surface area contributed by atoms with Crippen LogP contribution in [0.15, 0.2) is 66.7 Å². The molecule has 0 amide bonds. The van der Waals surface area contributed by atoms with Gasteiger partial charge in [0.2, 0.25) is 0 Å². The van der Waals surface area contributed by atoms with Crippen molar-refractivity contribution in [1.29, 1.82) is 0 Å². The second-order valence-electron chi connectivity index (χ2n) is 7.79. The number of hydrogen-bond donors (Lipinski definition) is 1. The fraction of sp³-hybridized carbons (Fsp3) is 0.192. The molecule has 0 saturated heterocycles. The van der Waals surface area contributed by atoms with Crippen molar-refractivity contribution in [3.8, 4) is 5.75 Å². The zero-order valence-electron chi connectivity index (χ0n) is 17.5. The molecule has 0 saturated carbocycles. The lowest BCUT2D eigenvalue weighted by molar-refractivity contribution is -0.137. The molecule has 0 heterocycles. The van der Waals surface area contributed by atoms with Gasteiger partial charge in [-0.2, -0.15) is 13.2 Å². The van der Waals surface area contributed by atoms with Gasteiger partial charge in [-0.05, 0) is 71.9 Å². The molecule has 7 heteroatoms. The van der Waals surface area contributed by atoms with Crippen molar-refractivity contribution < 1.29 is 32.2 Å². The predicted molar refractivity (Wildman–Crippen MR) is 116 cm³/mol. The number of carboxylic acid groups (broad SMARTS) is 1. The summed E-state index contributed by atoms with van der Waals surface area (Å²) in [7, 11) is 0. The summed E-state index contributed by atoms with van der Waals surface area (Å²) in [5.41, 5.74) is 1.73. The van der Waals surface area contributed by atoms with Crippen LogP contribution < -0.4 is 4.74 Å². The quantitative estimate of drug-likeness (QED) is 0.399. The maximum Gasteiger partial charge on any atom is 0.416 e. The van der Waals surface area contributed by atoms with Gasteiger partial charge in [-0.25, -0.2) is 9.18 Å². The third-order valence-electron chi connectivity index (χ3n) is 5.63. The van der Waals surface area contributed by atoms with Crippen molar-refractivity contribution in [2.75, 3.05) is 0 Å². The number of allylic oxidation sites excluding steroid dienone is 2. The number of carboxylic acids is 1. The molecular formula is C26H20F4O3. The minimum Gasteiger partial charge on any atom is -0.488 e. The van der Waals surface area contributed by atoms with Gasteiger partial charge in [0.05, 0.1) is 11.1 Å². The number of carbonyl (C=O) groups is 1. The summed E-state index contributed by atoms with van der Waals surface area (Å²) in [4.78, 5) is 11.4. The topological polar surface area (TPSA) is 46.5 Å². The summed E-state index contributed by atoms with van der Waals surface area (Å²) >= 11 is 0. The molecule has 33 heavy (non-hydrogen) atoms. The largest absolute Gasteiger partial charge is 0.488 e. The van der Waals surface area contributed by atoms with E-state index in [2.05, 4.69) is 0 Å². The molecule has 0 aliphatic heterocycles. The number of aromatic carboxylic acids is 1. The second-order valence-corrected chi connectivity index (χ2v) is 7.79. The fourth-order valence-electron chi connectivity index (χ4n) is 4.04. The van der Waals surface area contributed by atoms with Crippen LogP contribution in [-0.2, 0) is 12.8 Å². The molecule has 0 atom stereocenters. The maximum atomic E-state index is 13.9. The third kappa shape index (κ3) is 4.92. The molecular weight excluding hydrogens is 436 g/mol. The average molecular weight is 456 g/mol. The number of alkyl halides is 3. The van der Waals surface area contributed by atoms with E-state index >= 15 is 0 Å². The van der Waals surface area contributed by atoms with Gasteiger partial charge >= 0.3 is 12.1 Å². The van der Waals surface area contributed by atoms with Crippen molar-refractivity contribution in [3.63, 3.8) is 0 Å². The molecule has 1 aliphatic rings. The first-order chi connectivity index (χ1) is 15.7. The number of hydrogen-bond acceptors (Lipinski definition) is 2. The summed E-state index contributed by atoms with van der Waals surface area (Å²) < 4.78 is 60.2. The van der Waals surface area contributed by atoms with Crippen molar-refractivity contribution in [3.05, 3.63) is 100 Å². The number of ether oxygens (including phenoxy) is 1. The van der Waals surface area contributed by atoms with Crippen LogP contribution in [0.4, 0.5) is 17.6 Å². The van der Waals surface area contributed by atoms with E-state index in [1.54, 1.807) is 0 Å². The second kappa shape index (κ2) is 9.10. The molecule has 0 aromatic heterocycles. The summed E-state index contributed by atoms with van der Waals surface area (Å²) in [6.45, 7) is 0.182. The summed E-state index contributed by atoms with van der Waals surface area (Å²) in [5.74, 6) is -1.96. The normalized spacial score (nSPS) is 13.9. The van der Waals surface area contributed by atoms with E-state index in [0.717, 1.165) is 23.8 Å². The van der Waals surface area contributed by atoms with E-state index in [9.17, 15) is 27.5 Å². The lowest BCUT2D eigenvalue weighted by atomic mass is 9.94. The van der Waals surface area contributed by atoms with Crippen molar-refractivity contribution >= 4 is 17.1 Å². The first-order valence-electron chi connectivity index (χ1n) is 10.4. The molecule has 1 aliphatic carbocycles. The number of benzene rings is 3. The Labute approximate surface area is 188 Å². The van der Waals surface area contributed by atoms with Crippen LogP contribution in [0.25, 0.3) is 11.1 Å². The molecule has 0 radical (unpaired) electrons. The molecule has 0 unspecified atom stereocenters. The van der Waals surface area contributed by atoms with Crippen LogP contribution in [0, 0.1) is 5.82 Å². The average Bonchev–Trinajstić information content (AvgIpc) is 3.27. The van der Waals surface area contributed by atoms with Gasteiger partial charge in [0.15, 0.2) is 0 Å². The van der Waals surface area contributed by atoms with Crippen LogP contribution in [0.1, 0.15) is 51.9 Å². The van der Waals surface area contributed by atoms with Crippen molar-refractivity contribution in [2.45, 2.75) is 32.0 Å². The third-order valence-corrected chi connectivity index (χ3v) is 5.63. The minimum atomic E-state index is -4.53. The van der Waals surface area contributed by atoms with Gasteiger partial charge in [-0.1, -0.05) is 36.4 Å². The van der Waals surface area contributed by atoms with E-state index in [1.165, 1.54) is 18.2 Å². The van der Waals surface area contributed by atoms with Gasteiger partial charge < -0.3 is 9.84 Å². The Bertz CT molecular complexity index is 1210. The molecule has 0 fully saturated rings. The van der Waals surface area contributed by atoms with E-state index in [-0.39, 0.29) is 6.61 Å². The van der Waals surface area contributed by atoms with Crippen molar-refractivity contribution in [2.24, 2.45) is 0 Å². The Morgan fingerprint density at radius 3 is 2.36 bits per heavy atom. The molecule has 0 bridgehead atoms. The van der Waals surface area contributed by atoms with Crippen LogP contribution in [-0.4, -0.2) is 11.1 Å². The lowest BCUT2D eigenvalue weighted by Crippen LogP contribution is -2.07. The van der Waals surface area contributed by atoms with E-state index in [1.807, 2.05) is 30.3 Å². The maximum absolute atomic E-state index is 13.9. The first kappa shape index (κ1) is 22.6. The van der Waals surface area contributed by atoms with Crippen LogP contribution in [0.2, 0.25) is 0 Å². The van der Waals surface area contributed by atoms with Gasteiger partial charge in [0, 0.05) is 5.56 Å². The molecule has 3 aromatic carbocycles. The zero-order valence-corrected chi connectivity index (χ0v) is 17.5. The first-order valence-corrected chi connectivity index (χ1v) is 10.4. The minimum absolute atomic E-state index is 0.182. The standard InChI is InChI=1S/C26H20F4O3/c27-23-11-9-17(13-22(23)25(31)32)19-7-4-8-20(19)21-14-18(26(28,29)30)10-12-24(21)33-15-16-5-2-1-3-6-16/h1-3,5-6,9-14H,4,7-8,15H2,(H,31,32). The monoisotopic (exact) mass is 456 g/mol. The number of halogens is 4. The zero-order chi connectivity index (χ0) is 23.6. The van der Waals surface area contributed by atoms with E-state index in [4.69, 9.17) is 4.74 Å². The Morgan fingerprint density at radius 1 is 0.939 bits per heavy atom. The van der Waals surface area contributed by atoms with Gasteiger partial charge in [-0.3, -0.25) is 0 Å². The molecule has 3 nitrogen and oxygen atoms in total. The molecule has 1 N–H and O–H groups in total. The molecule has 0 spiro atoms. The molecule has 4 rings (SSSR count). The summed E-state index contributed by atoms with van der Waals surface area (Å²) in [6, 6.07) is 16.4. The molecule has 170 valence electrons. The summed E-state index contributed by atoms with van der Waals surface area (Å²) in [6.07, 6.45) is -2.82.